The number of nitrogens with one attached hydrogen (secondary N) is 1. The molecule has 1 amide bonds. The SMILES string of the molecule is C[C@@H]1C[C@H]1C(=O)OCC(=O)Nc1ccccc1Cc1ccccc1. The molecule has 0 saturated heterocycles. The lowest BCUT2D eigenvalue weighted by Crippen LogP contribution is -2.22. The van der Waals surface area contributed by atoms with Gasteiger partial charge in [0.2, 0.25) is 0 Å². The van der Waals surface area contributed by atoms with Gasteiger partial charge in [-0.3, -0.25) is 9.59 Å². The summed E-state index contributed by atoms with van der Waals surface area (Å²) < 4.78 is 5.08. The minimum atomic E-state index is -0.308. The van der Waals surface area contributed by atoms with Gasteiger partial charge in [0.05, 0.1) is 5.92 Å². The van der Waals surface area contributed by atoms with E-state index in [4.69, 9.17) is 4.74 Å². The third-order valence-electron chi connectivity index (χ3n) is 4.29. The summed E-state index contributed by atoms with van der Waals surface area (Å²) in [5.74, 6) is -0.220. The van der Waals surface area contributed by atoms with Crippen molar-refractivity contribution in [2.75, 3.05) is 11.9 Å². The highest BCUT2D eigenvalue weighted by Crippen LogP contribution is 2.38. The summed E-state index contributed by atoms with van der Waals surface area (Å²) in [7, 11) is 0. The van der Waals surface area contributed by atoms with Gasteiger partial charge in [-0.2, -0.15) is 0 Å². The maximum absolute atomic E-state index is 12.1. The second-order valence-corrected chi connectivity index (χ2v) is 6.29. The zero-order valence-electron chi connectivity index (χ0n) is 13.7. The molecule has 124 valence electrons. The van der Waals surface area contributed by atoms with Crippen molar-refractivity contribution in [1.82, 2.24) is 0 Å². The van der Waals surface area contributed by atoms with Crippen molar-refractivity contribution < 1.29 is 14.3 Å². The molecule has 1 fully saturated rings. The Balaban J connectivity index is 1.58. The fourth-order valence-corrected chi connectivity index (χ4v) is 2.69. The second-order valence-electron chi connectivity index (χ2n) is 6.29. The number of ether oxygens (including phenoxy) is 1. The predicted molar refractivity (Wildman–Crippen MR) is 92.5 cm³/mol. The van der Waals surface area contributed by atoms with Gasteiger partial charge in [0.1, 0.15) is 0 Å². The van der Waals surface area contributed by atoms with Crippen LogP contribution in [0.3, 0.4) is 0 Å². The summed E-state index contributed by atoms with van der Waals surface area (Å²) in [5.41, 5.74) is 2.95. The topological polar surface area (TPSA) is 55.4 Å². The molecule has 1 saturated carbocycles. The van der Waals surface area contributed by atoms with Crippen LogP contribution in [0.15, 0.2) is 54.6 Å². The van der Waals surface area contributed by atoms with Crippen molar-refractivity contribution in [3.8, 4) is 0 Å². The van der Waals surface area contributed by atoms with E-state index in [0.717, 1.165) is 24.1 Å². The Morgan fingerprint density at radius 2 is 1.75 bits per heavy atom. The van der Waals surface area contributed by atoms with Crippen LogP contribution in [0, 0.1) is 11.8 Å². The van der Waals surface area contributed by atoms with Crippen LogP contribution in [0.2, 0.25) is 0 Å². The molecule has 4 heteroatoms. The van der Waals surface area contributed by atoms with Gasteiger partial charge in [-0.15, -0.1) is 0 Å². The van der Waals surface area contributed by atoms with Gasteiger partial charge in [-0.05, 0) is 36.0 Å². The van der Waals surface area contributed by atoms with E-state index in [9.17, 15) is 9.59 Å². The molecule has 0 spiro atoms. The van der Waals surface area contributed by atoms with Gasteiger partial charge in [0.25, 0.3) is 5.91 Å². The largest absolute Gasteiger partial charge is 0.455 e. The van der Waals surface area contributed by atoms with Crippen molar-refractivity contribution in [2.24, 2.45) is 11.8 Å². The van der Waals surface area contributed by atoms with Gasteiger partial charge < -0.3 is 10.1 Å². The maximum Gasteiger partial charge on any atom is 0.309 e. The number of hydrogen-bond acceptors (Lipinski definition) is 3. The van der Waals surface area contributed by atoms with Crippen molar-refractivity contribution in [2.45, 2.75) is 19.8 Å². The predicted octanol–water partition coefficient (Wildman–Crippen LogP) is 3.42. The molecule has 0 unspecified atom stereocenters. The number of anilines is 1. The van der Waals surface area contributed by atoms with Crippen LogP contribution >= 0.6 is 0 Å². The number of amides is 1. The van der Waals surface area contributed by atoms with Crippen molar-refractivity contribution in [3.05, 3.63) is 65.7 Å². The first-order valence-corrected chi connectivity index (χ1v) is 8.22. The van der Waals surface area contributed by atoms with Crippen LogP contribution in [0.1, 0.15) is 24.5 Å². The molecule has 2 atom stereocenters. The van der Waals surface area contributed by atoms with Crippen molar-refractivity contribution in [1.29, 1.82) is 0 Å². The van der Waals surface area contributed by atoms with E-state index in [1.165, 1.54) is 5.56 Å². The summed E-state index contributed by atoms with van der Waals surface area (Å²) in [4.78, 5) is 23.7. The second kappa shape index (κ2) is 7.30. The molecular formula is C20H21NO3. The Morgan fingerprint density at radius 3 is 2.46 bits per heavy atom. The molecule has 4 nitrogen and oxygen atoms in total. The lowest BCUT2D eigenvalue weighted by Gasteiger charge is -2.11. The third kappa shape index (κ3) is 4.22. The van der Waals surface area contributed by atoms with Crippen LogP contribution in [0.25, 0.3) is 0 Å². The Bertz CT molecular complexity index is 727. The maximum atomic E-state index is 12.1. The van der Waals surface area contributed by atoms with Crippen molar-refractivity contribution >= 4 is 17.6 Å². The molecule has 1 aliphatic rings. The molecular weight excluding hydrogens is 302 g/mol. The van der Waals surface area contributed by atoms with E-state index in [2.05, 4.69) is 17.4 Å². The van der Waals surface area contributed by atoms with Crippen LogP contribution in [0.4, 0.5) is 5.69 Å². The first-order chi connectivity index (χ1) is 11.6. The summed E-state index contributed by atoms with van der Waals surface area (Å²) in [6, 6.07) is 17.7. The van der Waals surface area contributed by atoms with Crippen LogP contribution in [-0.2, 0) is 20.7 Å². The summed E-state index contributed by atoms with van der Waals surface area (Å²) in [6.07, 6.45) is 1.59. The minimum absolute atomic E-state index is 0.0248. The zero-order chi connectivity index (χ0) is 16.9. The van der Waals surface area contributed by atoms with Crippen LogP contribution < -0.4 is 5.32 Å². The number of para-hydroxylation sites is 1. The van der Waals surface area contributed by atoms with Gasteiger partial charge in [0, 0.05) is 5.69 Å². The van der Waals surface area contributed by atoms with E-state index in [1.807, 2.05) is 49.4 Å². The number of hydrogen-bond donors (Lipinski definition) is 1. The average molecular weight is 323 g/mol. The molecule has 1 aliphatic carbocycles. The number of carbonyl (C=O) groups excluding carboxylic acids is 2. The van der Waals surface area contributed by atoms with Gasteiger partial charge >= 0.3 is 5.97 Å². The van der Waals surface area contributed by atoms with E-state index >= 15 is 0 Å². The van der Waals surface area contributed by atoms with Gasteiger partial charge in [-0.1, -0.05) is 55.5 Å². The summed E-state index contributed by atoms with van der Waals surface area (Å²) >= 11 is 0. The van der Waals surface area contributed by atoms with E-state index < -0.39 is 0 Å². The molecule has 3 rings (SSSR count). The Kier molecular flexibility index (Phi) is 4.94. The molecule has 2 aromatic carbocycles. The van der Waals surface area contributed by atoms with E-state index in [1.54, 1.807) is 0 Å². The highest BCUT2D eigenvalue weighted by Gasteiger charge is 2.40. The van der Waals surface area contributed by atoms with Gasteiger partial charge in [0.15, 0.2) is 6.61 Å². The van der Waals surface area contributed by atoms with Crippen molar-refractivity contribution in [3.63, 3.8) is 0 Å². The Hall–Kier alpha value is -2.62. The normalized spacial score (nSPS) is 18.7. The van der Waals surface area contributed by atoms with E-state index in [-0.39, 0.29) is 24.4 Å². The molecule has 24 heavy (non-hydrogen) atoms. The number of benzene rings is 2. The number of esters is 1. The molecule has 2 aromatic rings. The Labute approximate surface area is 141 Å². The number of carbonyl (C=O) groups is 2. The third-order valence-corrected chi connectivity index (χ3v) is 4.29. The first-order valence-electron chi connectivity index (χ1n) is 8.22. The highest BCUT2D eigenvalue weighted by molar-refractivity contribution is 5.93. The molecule has 0 bridgehead atoms. The zero-order valence-corrected chi connectivity index (χ0v) is 13.7. The lowest BCUT2D eigenvalue weighted by molar-refractivity contribution is -0.148. The Morgan fingerprint density at radius 1 is 1.08 bits per heavy atom. The van der Waals surface area contributed by atoms with Crippen LogP contribution in [-0.4, -0.2) is 18.5 Å². The monoisotopic (exact) mass is 323 g/mol. The molecule has 0 radical (unpaired) electrons. The average Bonchev–Trinajstić information content (AvgIpc) is 3.32. The fraction of sp³-hybridized carbons (Fsp3) is 0.300. The van der Waals surface area contributed by atoms with Gasteiger partial charge in [-0.25, -0.2) is 0 Å². The minimum Gasteiger partial charge on any atom is -0.455 e. The fourth-order valence-electron chi connectivity index (χ4n) is 2.69. The highest BCUT2D eigenvalue weighted by atomic mass is 16.5. The molecule has 0 aromatic heterocycles. The van der Waals surface area contributed by atoms with Crippen LogP contribution in [0.5, 0.6) is 0 Å². The quantitative estimate of drug-likeness (QED) is 0.829. The molecule has 1 N–H and O–H groups in total. The summed E-state index contributed by atoms with van der Waals surface area (Å²) in [5, 5.41) is 2.84. The standard InChI is InChI=1S/C20H21NO3/c1-14-11-17(14)20(23)24-13-19(22)21-18-10-6-5-9-16(18)12-15-7-3-2-4-8-15/h2-10,14,17H,11-13H2,1H3,(H,21,22)/t14-,17-/m1/s1. The lowest BCUT2D eigenvalue weighted by atomic mass is 10.0. The smallest absolute Gasteiger partial charge is 0.309 e. The molecule has 0 aliphatic heterocycles. The molecule has 0 heterocycles. The number of rotatable bonds is 6. The first kappa shape index (κ1) is 16.2. The summed E-state index contributed by atoms with van der Waals surface area (Å²) in [6.45, 7) is 1.77. The van der Waals surface area contributed by atoms with E-state index in [0.29, 0.717) is 5.92 Å².